The highest BCUT2D eigenvalue weighted by molar-refractivity contribution is 5.69. The predicted molar refractivity (Wildman–Crippen MR) is 115 cm³/mol. The maximum absolute atomic E-state index is 11.6. The van der Waals surface area contributed by atoms with E-state index in [9.17, 15) is 4.79 Å². The third-order valence-corrected chi connectivity index (χ3v) is 5.54. The van der Waals surface area contributed by atoms with E-state index in [0.717, 1.165) is 38.4 Å². The molecule has 0 bridgehead atoms. The Hall–Kier alpha value is -1.55. The molecule has 0 radical (unpaired) electrons. The standard InChI is InChI=1S/C24H39NO3/c1-3-5-6-7-8-9-18-28-23-14-10-12-21(19-23)22-13-11-16-25(20-22)17-15-24(26)27-4-2/h10,12,14,19,22H,3-9,11,13,15-18,20H2,1-2H3. The number of carbonyl (C=O) groups is 1. The molecule has 1 fully saturated rings. The third-order valence-electron chi connectivity index (χ3n) is 5.54. The molecule has 0 N–H and O–H groups in total. The second-order valence-corrected chi connectivity index (χ2v) is 7.88. The van der Waals surface area contributed by atoms with Crippen LogP contribution in [0.3, 0.4) is 0 Å². The van der Waals surface area contributed by atoms with E-state index >= 15 is 0 Å². The Balaban J connectivity index is 1.74. The number of hydrogen-bond donors (Lipinski definition) is 0. The lowest BCUT2D eigenvalue weighted by Gasteiger charge is -2.32. The molecule has 1 aliphatic rings. The van der Waals surface area contributed by atoms with Crippen LogP contribution in [0.15, 0.2) is 24.3 Å². The summed E-state index contributed by atoms with van der Waals surface area (Å²) in [6.07, 6.45) is 10.6. The molecule has 0 saturated carbocycles. The minimum atomic E-state index is -0.0882. The van der Waals surface area contributed by atoms with Crippen molar-refractivity contribution in [2.75, 3.05) is 32.8 Å². The molecular weight excluding hydrogens is 350 g/mol. The Morgan fingerprint density at radius 1 is 1.14 bits per heavy atom. The molecule has 0 spiro atoms. The van der Waals surface area contributed by atoms with E-state index in [2.05, 4.69) is 36.1 Å². The molecule has 158 valence electrons. The van der Waals surface area contributed by atoms with Crippen molar-refractivity contribution in [1.82, 2.24) is 4.90 Å². The molecule has 0 aliphatic carbocycles. The Morgan fingerprint density at radius 3 is 2.79 bits per heavy atom. The molecule has 1 aromatic carbocycles. The fourth-order valence-corrected chi connectivity index (χ4v) is 3.94. The van der Waals surface area contributed by atoms with Crippen LogP contribution in [0.2, 0.25) is 0 Å². The SMILES string of the molecule is CCCCCCCCOc1cccc(C2CCCN(CCC(=O)OCC)C2)c1. The summed E-state index contributed by atoms with van der Waals surface area (Å²) in [5.74, 6) is 1.43. The van der Waals surface area contributed by atoms with Gasteiger partial charge in [0.25, 0.3) is 0 Å². The lowest BCUT2D eigenvalue weighted by atomic mass is 9.90. The second kappa shape index (κ2) is 13.6. The Morgan fingerprint density at radius 2 is 1.96 bits per heavy atom. The highest BCUT2D eigenvalue weighted by atomic mass is 16.5. The summed E-state index contributed by atoms with van der Waals surface area (Å²) >= 11 is 0. The van der Waals surface area contributed by atoms with E-state index in [1.54, 1.807) is 0 Å². The van der Waals surface area contributed by atoms with Gasteiger partial charge in [0, 0.05) is 13.1 Å². The number of esters is 1. The summed E-state index contributed by atoms with van der Waals surface area (Å²) in [4.78, 5) is 14.0. The molecule has 4 nitrogen and oxygen atoms in total. The molecule has 4 heteroatoms. The van der Waals surface area contributed by atoms with Crippen molar-refractivity contribution in [3.8, 4) is 5.75 Å². The van der Waals surface area contributed by atoms with Crippen LogP contribution >= 0.6 is 0 Å². The quantitative estimate of drug-likeness (QED) is 0.327. The smallest absolute Gasteiger partial charge is 0.307 e. The van der Waals surface area contributed by atoms with Gasteiger partial charge in [-0.1, -0.05) is 51.2 Å². The number of hydrogen-bond acceptors (Lipinski definition) is 4. The van der Waals surface area contributed by atoms with Crippen LogP contribution in [0.25, 0.3) is 0 Å². The van der Waals surface area contributed by atoms with Gasteiger partial charge in [-0.2, -0.15) is 0 Å². The van der Waals surface area contributed by atoms with Crippen LogP contribution in [-0.4, -0.2) is 43.7 Å². The van der Waals surface area contributed by atoms with Gasteiger partial charge in [-0.05, 0) is 56.3 Å². The first-order valence-electron chi connectivity index (χ1n) is 11.3. The number of unbranched alkanes of at least 4 members (excludes halogenated alkanes) is 5. The molecule has 2 rings (SSSR count). The predicted octanol–water partition coefficient (Wildman–Crippen LogP) is 5.56. The molecule has 1 aliphatic heterocycles. The normalized spacial score (nSPS) is 17.4. The molecule has 1 unspecified atom stereocenters. The number of nitrogens with zero attached hydrogens (tertiary/aromatic N) is 1. The van der Waals surface area contributed by atoms with Crippen molar-refractivity contribution >= 4 is 5.97 Å². The van der Waals surface area contributed by atoms with Gasteiger partial charge in [0.15, 0.2) is 0 Å². The molecule has 1 saturated heterocycles. The van der Waals surface area contributed by atoms with Gasteiger partial charge in [-0.15, -0.1) is 0 Å². The number of carbonyl (C=O) groups excluding carboxylic acids is 1. The topological polar surface area (TPSA) is 38.8 Å². The minimum absolute atomic E-state index is 0.0882. The number of ether oxygens (including phenoxy) is 2. The molecular formula is C24H39NO3. The van der Waals surface area contributed by atoms with Crippen LogP contribution in [0.4, 0.5) is 0 Å². The lowest BCUT2D eigenvalue weighted by molar-refractivity contribution is -0.143. The summed E-state index contributed by atoms with van der Waals surface area (Å²) in [5.41, 5.74) is 1.36. The monoisotopic (exact) mass is 389 g/mol. The highest BCUT2D eigenvalue weighted by Gasteiger charge is 2.22. The van der Waals surface area contributed by atoms with Crippen LogP contribution in [0.1, 0.15) is 83.1 Å². The van der Waals surface area contributed by atoms with Gasteiger partial charge in [-0.3, -0.25) is 4.79 Å². The van der Waals surface area contributed by atoms with Crippen molar-refractivity contribution < 1.29 is 14.3 Å². The molecule has 0 amide bonds. The van der Waals surface area contributed by atoms with E-state index in [1.807, 2.05) is 6.92 Å². The van der Waals surface area contributed by atoms with Crippen molar-refractivity contribution in [3.05, 3.63) is 29.8 Å². The Bertz CT molecular complexity index is 561. The highest BCUT2D eigenvalue weighted by Crippen LogP contribution is 2.29. The maximum atomic E-state index is 11.6. The summed E-state index contributed by atoms with van der Waals surface area (Å²) < 4.78 is 11.1. The van der Waals surface area contributed by atoms with Crippen LogP contribution in [0.5, 0.6) is 5.75 Å². The van der Waals surface area contributed by atoms with Gasteiger partial charge in [0.1, 0.15) is 5.75 Å². The average molecular weight is 390 g/mol. The van der Waals surface area contributed by atoms with Crippen LogP contribution < -0.4 is 4.74 Å². The largest absolute Gasteiger partial charge is 0.494 e. The zero-order valence-electron chi connectivity index (χ0n) is 18.0. The number of rotatable bonds is 13. The van der Waals surface area contributed by atoms with Crippen molar-refractivity contribution in [3.63, 3.8) is 0 Å². The number of piperidine rings is 1. The molecule has 1 heterocycles. The fraction of sp³-hybridized carbons (Fsp3) is 0.708. The van der Waals surface area contributed by atoms with Crippen molar-refractivity contribution in [2.24, 2.45) is 0 Å². The molecule has 1 atom stereocenters. The lowest BCUT2D eigenvalue weighted by Crippen LogP contribution is -2.36. The summed E-state index contributed by atoms with van der Waals surface area (Å²) in [6, 6.07) is 8.62. The molecule has 1 aromatic rings. The Kier molecular flexibility index (Phi) is 11.0. The van der Waals surface area contributed by atoms with E-state index < -0.39 is 0 Å². The summed E-state index contributed by atoms with van der Waals surface area (Å²) in [7, 11) is 0. The van der Waals surface area contributed by atoms with Gasteiger partial charge < -0.3 is 14.4 Å². The van der Waals surface area contributed by atoms with Crippen molar-refractivity contribution in [2.45, 2.75) is 77.6 Å². The first-order chi connectivity index (χ1) is 13.7. The fourth-order valence-electron chi connectivity index (χ4n) is 3.94. The first-order valence-corrected chi connectivity index (χ1v) is 11.3. The van der Waals surface area contributed by atoms with E-state index in [0.29, 0.717) is 18.9 Å². The zero-order chi connectivity index (χ0) is 20.0. The summed E-state index contributed by atoms with van der Waals surface area (Å²) in [5, 5.41) is 0. The number of benzene rings is 1. The van der Waals surface area contributed by atoms with E-state index in [4.69, 9.17) is 9.47 Å². The zero-order valence-corrected chi connectivity index (χ0v) is 18.0. The van der Waals surface area contributed by atoms with Gasteiger partial charge in [0.05, 0.1) is 19.6 Å². The molecule has 28 heavy (non-hydrogen) atoms. The summed E-state index contributed by atoms with van der Waals surface area (Å²) in [6.45, 7) is 8.27. The van der Waals surface area contributed by atoms with Crippen molar-refractivity contribution in [1.29, 1.82) is 0 Å². The van der Waals surface area contributed by atoms with Gasteiger partial charge in [0.2, 0.25) is 0 Å². The third kappa shape index (κ3) is 8.64. The van der Waals surface area contributed by atoms with E-state index in [-0.39, 0.29) is 5.97 Å². The second-order valence-electron chi connectivity index (χ2n) is 7.88. The van der Waals surface area contributed by atoms with Crippen LogP contribution in [0, 0.1) is 0 Å². The maximum Gasteiger partial charge on any atom is 0.307 e. The first kappa shape index (κ1) is 22.7. The number of likely N-dealkylation sites (tertiary alicyclic amines) is 1. The van der Waals surface area contributed by atoms with Gasteiger partial charge >= 0.3 is 5.97 Å². The van der Waals surface area contributed by atoms with Gasteiger partial charge in [-0.25, -0.2) is 0 Å². The van der Waals surface area contributed by atoms with E-state index in [1.165, 1.54) is 50.5 Å². The van der Waals surface area contributed by atoms with Crippen LogP contribution in [-0.2, 0) is 9.53 Å². The Labute approximate surface area is 171 Å². The average Bonchev–Trinajstić information content (AvgIpc) is 2.72. The minimum Gasteiger partial charge on any atom is -0.494 e. The molecule has 0 aromatic heterocycles.